The lowest BCUT2D eigenvalue weighted by molar-refractivity contribution is 0.318. The Morgan fingerprint density at radius 3 is 2.79 bits per heavy atom. The van der Waals surface area contributed by atoms with Crippen LogP contribution in [0.3, 0.4) is 0 Å². The predicted octanol–water partition coefficient (Wildman–Crippen LogP) is 1.98. The molecule has 0 atom stereocenters. The molecular weight excluding hydrogens is 246 g/mol. The smallest absolute Gasteiger partial charge is 0.173 e. The molecule has 19 heavy (non-hydrogen) atoms. The van der Waals surface area contributed by atoms with Gasteiger partial charge in [-0.15, -0.1) is 0 Å². The first kappa shape index (κ1) is 12.7. The number of oxime groups is 1. The maximum absolute atomic E-state index is 8.77. The molecule has 1 aromatic heterocycles. The summed E-state index contributed by atoms with van der Waals surface area (Å²) in [5.74, 6) is 1.53. The van der Waals surface area contributed by atoms with Gasteiger partial charge in [-0.2, -0.15) is 0 Å². The van der Waals surface area contributed by atoms with Gasteiger partial charge < -0.3 is 20.4 Å². The standard InChI is InChI=1S/C13H13N3O3/c1-18-9-4-5-11(13(14)16-17)12(7-9)19-10-3-2-6-15-8-10/h2-8,17H,1H3,(H2,14,16). The van der Waals surface area contributed by atoms with Gasteiger partial charge in [0.2, 0.25) is 0 Å². The second-order valence-electron chi connectivity index (χ2n) is 3.64. The molecule has 0 unspecified atom stereocenters. The molecule has 6 nitrogen and oxygen atoms in total. The molecule has 0 fully saturated rings. The van der Waals surface area contributed by atoms with E-state index in [1.54, 1.807) is 49.8 Å². The van der Waals surface area contributed by atoms with Gasteiger partial charge in [0.15, 0.2) is 5.84 Å². The molecule has 0 aliphatic carbocycles. The summed E-state index contributed by atoms with van der Waals surface area (Å²) in [5, 5.41) is 11.7. The topological polar surface area (TPSA) is 90.0 Å². The zero-order chi connectivity index (χ0) is 13.7. The van der Waals surface area contributed by atoms with Crippen LogP contribution < -0.4 is 15.2 Å². The number of nitrogens with zero attached hydrogens (tertiary/aromatic N) is 2. The molecule has 0 radical (unpaired) electrons. The van der Waals surface area contributed by atoms with Crippen molar-refractivity contribution in [2.45, 2.75) is 0 Å². The van der Waals surface area contributed by atoms with Gasteiger partial charge in [0.25, 0.3) is 0 Å². The Morgan fingerprint density at radius 1 is 1.32 bits per heavy atom. The van der Waals surface area contributed by atoms with Gasteiger partial charge in [0, 0.05) is 12.3 Å². The minimum Gasteiger partial charge on any atom is -0.497 e. The molecule has 0 aliphatic rings. The minimum absolute atomic E-state index is 0.0402. The van der Waals surface area contributed by atoms with E-state index in [1.807, 2.05) is 0 Å². The molecule has 6 heteroatoms. The van der Waals surface area contributed by atoms with Gasteiger partial charge in [0.1, 0.15) is 17.2 Å². The molecule has 3 N–H and O–H groups in total. The van der Waals surface area contributed by atoms with Crippen LogP contribution in [0.5, 0.6) is 17.2 Å². The van der Waals surface area contributed by atoms with Crippen LogP contribution in [-0.2, 0) is 0 Å². The van der Waals surface area contributed by atoms with Crippen LogP contribution in [0.15, 0.2) is 47.9 Å². The average molecular weight is 259 g/mol. The second-order valence-corrected chi connectivity index (χ2v) is 3.64. The SMILES string of the molecule is COc1ccc(/C(N)=N/O)c(Oc2cccnc2)c1. The summed E-state index contributed by atoms with van der Waals surface area (Å²) in [7, 11) is 1.55. The number of nitrogens with two attached hydrogens (primary N) is 1. The summed E-state index contributed by atoms with van der Waals surface area (Å²) < 4.78 is 10.8. The van der Waals surface area contributed by atoms with Crippen molar-refractivity contribution < 1.29 is 14.7 Å². The first-order chi connectivity index (χ1) is 9.24. The third kappa shape index (κ3) is 2.92. The summed E-state index contributed by atoms with van der Waals surface area (Å²) in [5.41, 5.74) is 6.07. The van der Waals surface area contributed by atoms with Crippen LogP contribution in [0.4, 0.5) is 0 Å². The number of pyridine rings is 1. The van der Waals surface area contributed by atoms with Gasteiger partial charge in [-0.05, 0) is 24.3 Å². The molecule has 1 aromatic carbocycles. The van der Waals surface area contributed by atoms with Gasteiger partial charge in [-0.1, -0.05) is 5.16 Å². The Hall–Kier alpha value is -2.76. The summed E-state index contributed by atoms with van der Waals surface area (Å²) >= 11 is 0. The maximum atomic E-state index is 8.77. The fourth-order valence-electron chi connectivity index (χ4n) is 1.51. The van der Waals surface area contributed by atoms with Crippen molar-refractivity contribution in [2.24, 2.45) is 10.9 Å². The van der Waals surface area contributed by atoms with E-state index in [0.717, 1.165) is 0 Å². The minimum atomic E-state index is -0.0402. The second kappa shape index (κ2) is 5.72. The van der Waals surface area contributed by atoms with Gasteiger partial charge in [-0.25, -0.2) is 0 Å². The number of rotatable bonds is 4. The number of hydrogen-bond acceptors (Lipinski definition) is 5. The number of amidine groups is 1. The van der Waals surface area contributed by atoms with Crippen LogP contribution in [0.25, 0.3) is 0 Å². The Kier molecular flexibility index (Phi) is 3.82. The number of ether oxygens (including phenoxy) is 2. The van der Waals surface area contributed by atoms with E-state index in [9.17, 15) is 0 Å². The molecule has 0 bridgehead atoms. The number of hydrogen-bond donors (Lipinski definition) is 2. The van der Waals surface area contributed by atoms with Gasteiger partial charge in [-0.3, -0.25) is 4.98 Å². The molecular formula is C13H13N3O3. The number of aromatic nitrogens is 1. The Bertz CT molecular complexity index is 585. The van der Waals surface area contributed by atoms with Crippen LogP contribution >= 0.6 is 0 Å². The highest BCUT2D eigenvalue weighted by Crippen LogP contribution is 2.28. The summed E-state index contributed by atoms with van der Waals surface area (Å²) in [6, 6.07) is 8.50. The molecule has 1 heterocycles. The molecule has 0 saturated carbocycles. The number of methoxy groups -OCH3 is 1. The van der Waals surface area contributed by atoms with Gasteiger partial charge in [0.05, 0.1) is 18.9 Å². The van der Waals surface area contributed by atoms with Crippen LogP contribution in [0.2, 0.25) is 0 Å². The summed E-state index contributed by atoms with van der Waals surface area (Å²) in [6.07, 6.45) is 3.21. The number of benzene rings is 1. The molecule has 98 valence electrons. The molecule has 0 saturated heterocycles. The molecule has 2 rings (SSSR count). The maximum Gasteiger partial charge on any atom is 0.173 e. The van der Waals surface area contributed by atoms with Gasteiger partial charge >= 0.3 is 0 Å². The van der Waals surface area contributed by atoms with Crippen LogP contribution in [-0.4, -0.2) is 23.1 Å². The largest absolute Gasteiger partial charge is 0.497 e. The van der Waals surface area contributed by atoms with Crippen molar-refractivity contribution in [3.63, 3.8) is 0 Å². The lowest BCUT2D eigenvalue weighted by atomic mass is 10.1. The predicted molar refractivity (Wildman–Crippen MR) is 69.8 cm³/mol. The van der Waals surface area contributed by atoms with Crippen molar-refractivity contribution in [1.82, 2.24) is 4.98 Å². The average Bonchev–Trinajstić information content (AvgIpc) is 2.47. The Morgan fingerprint density at radius 2 is 2.16 bits per heavy atom. The van der Waals surface area contributed by atoms with E-state index < -0.39 is 0 Å². The Labute approximate surface area is 110 Å². The third-order valence-electron chi connectivity index (χ3n) is 2.43. The molecule has 0 spiro atoms. The van der Waals surface area contributed by atoms with E-state index in [-0.39, 0.29) is 5.84 Å². The summed E-state index contributed by atoms with van der Waals surface area (Å²) in [4.78, 5) is 3.95. The fraction of sp³-hybridized carbons (Fsp3) is 0.0769. The van der Waals surface area contributed by atoms with E-state index in [0.29, 0.717) is 22.8 Å². The van der Waals surface area contributed by atoms with Crippen molar-refractivity contribution in [1.29, 1.82) is 0 Å². The molecule has 0 amide bonds. The third-order valence-corrected chi connectivity index (χ3v) is 2.43. The van der Waals surface area contributed by atoms with Crippen molar-refractivity contribution in [3.05, 3.63) is 48.3 Å². The van der Waals surface area contributed by atoms with E-state index in [4.69, 9.17) is 20.4 Å². The zero-order valence-electron chi connectivity index (χ0n) is 10.3. The monoisotopic (exact) mass is 259 g/mol. The molecule has 0 aliphatic heterocycles. The first-order valence-electron chi connectivity index (χ1n) is 5.48. The normalized spacial score (nSPS) is 11.1. The van der Waals surface area contributed by atoms with Crippen molar-refractivity contribution >= 4 is 5.84 Å². The Balaban J connectivity index is 2.41. The van der Waals surface area contributed by atoms with E-state index >= 15 is 0 Å². The summed E-state index contributed by atoms with van der Waals surface area (Å²) in [6.45, 7) is 0. The quantitative estimate of drug-likeness (QED) is 0.379. The lowest BCUT2D eigenvalue weighted by Crippen LogP contribution is -2.14. The highest BCUT2D eigenvalue weighted by atomic mass is 16.5. The first-order valence-corrected chi connectivity index (χ1v) is 5.48. The van der Waals surface area contributed by atoms with Crippen molar-refractivity contribution in [2.75, 3.05) is 7.11 Å². The highest BCUT2D eigenvalue weighted by Gasteiger charge is 2.11. The van der Waals surface area contributed by atoms with Crippen LogP contribution in [0.1, 0.15) is 5.56 Å². The fourth-order valence-corrected chi connectivity index (χ4v) is 1.51. The van der Waals surface area contributed by atoms with Crippen molar-refractivity contribution in [3.8, 4) is 17.2 Å². The zero-order valence-corrected chi connectivity index (χ0v) is 10.3. The van der Waals surface area contributed by atoms with Crippen LogP contribution in [0, 0.1) is 0 Å². The lowest BCUT2D eigenvalue weighted by Gasteiger charge is -2.11. The molecule has 2 aromatic rings. The highest BCUT2D eigenvalue weighted by molar-refractivity contribution is 5.99. The van der Waals surface area contributed by atoms with E-state index in [2.05, 4.69) is 10.1 Å². The van der Waals surface area contributed by atoms with E-state index in [1.165, 1.54) is 0 Å².